The molecule has 0 spiro atoms. The van der Waals surface area contributed by atoms with E-state index in [0.717, 1.165) is 5.56 Å². The number of rotatable bonds is 5. The monoisotopic (exact) mass is 399 g/mol. The standard InChI is InChI=1S/C19H29NO6S/c1-6-16(26-27(22,23)15-9-7-14(2)8-10-15)17-13-20(11-12-24-17)18(21)25-19(3,4)5/h7-10,16-17H,6,11-13H2,1-5H3/t16-,17-/m0/s1. The van der Waals surface area contributed by atoms with E-state index in [1.54, 1.807) is 32.9 Å². The first-order chi connectivity index (χ1) is 12.5. The summed E-state index contributed by atoms with van der Waals surface area (Å²) in [7, 11) is -3.92. The molecule has 1 saturated heterocycles. The molecule has 1 aromatic rings. The molecule has 1 heterocycles. The van der Waals surface area contributed by atoms with Crippen LogP contribution in [0.15, 0.2) is 29.2 Å². The van der Waals surface area contributed by atoms with Crippen LogP contribution in [0, 0.1) is 6.92 Å². The van der Waals surface area contributed by atoms with Crippen molar-refractivity contribution in [3.63, 3.8) is 0 Å². The van der Waals surface area contributed by atoms with E-state index in [-0.39, 0.29) is 11.4 Å². The molecule has 2 atom stereocenters. The van der Waals surface area contributed by atoms with Crippen LogP contribution in [0.25, 0.3) is 0 Å². The summed E-state index contributed by atoms with van der Waals surface area (Å²) in [4.78, 5) is 13.9. The number of benzene rings is 1. The highest BCUT2D eigenvalue weighted by Crippen LogP contribution is 2.22. The molecular weight excluding hydrogens is 370 g/mol. The van der Waals surface area contributed by atoms with Crippen molar-refractivity contribution in [1.29, 1.82) is 0 Å². The van der Waals surface area contributed by atoms with Gasteiger partial charge in [-0.25, -0.2) is 4.79 Å². The lowest BCUT2D eigenvalue weighted by atomic mass is 10.1. The van der Waals surface area contributed by atoms with Crippen LogP contribution in [0.3, 0.4) is 0 Å². The number of aryl methyl sites for hydroxylation is 1. The quantitative estimate of drug-likeness (QED) is 0.708. The molecule has 0 bridgehead atoms. The van der Waals surface area contributed by atoms with Gasteiger partial charge in [-0.05, 0) is 46.2 Å². The number of morpholine rings is 1. The third-order valence-electron chi connectivity index (χ3n) is 4.12. The molecule has 7 nitrogen and oxygen atoms in total. The molecule has 8 heteroatoms. The molecule has 1 fully saturated rings. The van der Waals surface area contributed by atoms with Crippen LogP contribution >= 0.6 is 0 Å². The van der Waals surface area contributed by atoms with E-state index in [2.05, 4.69) is 0 Å². The van der Waals surface area contributed by atoms with Crippen molar-refractivity contribution in [2.75, 3.05) is 19.7 Å². The Morgan fingerprint density at radius 3 is 2.48 bits per heavy atom. The Balaban J connectivity index is 2.07. The fourth-order valence-corrected chi connectivity index (χ4v) is 3.87. The zero-order valence-electron chi connectivity index (χ0n) is 16.6. The van der Waals surface area contributed by atoms with Gasteiger partial charge in [0.25, 0.3) is 10.1 Å². The highest BCUT2D eigenvalue weighted by Gasteiger charge is 2.35. The van der Waals surface area contributed by atoms with Gasteiger partial charge in [0.2, 0.25) is 0 Å². The van der Waals surface area contributed by atoms with Gasteiger partial charge in [0.05, 0.1) is 18.0 Å². The molecule has 0 aliphatic carbocycles. The molecular formula is C19H29NO6S. The van der Waals surface area contributed by atoms with Crippen LogP contribution in [0.2, 0.25) is 0 Å². The van der Waals surface area contributed by atoms with E-state index < -0.39 is 34.0 Å². The van der Waals surface area contributed by atoms with Gasteiger partial charge in [0.1, 0.15) is 17.8 Å². The van der Waals surface area contributed by atoms with Crippen molar-refractivity contribution in [3.8, 4) is 0 Å². The predicted molar refractivity (Wildman–Crippen MR) is 101 cm³/mol. The molecule has 27 heavy (non-hydrogen) atoms. The van der Waals surface area contributed by atoms with Gasteiger partial charge in [-0.1, -0.05) is 24.6 Å². The number of hydrogen-bond donors (Lipinski definition) is 0. The number of carbonyl (C=O) groups excluding carboxylic acids is 1. The third kappa shape index (κ3) is 6.19. The maximum absolute atomic E-state index is 12.6. The van der Waals surface area contributed by atoms with Crippen LogP contribution in [-0.4, -0.2) is 56.9 Å². The lowest BCUT2D eigenvalue weighted by Gasteiger charge is -2.36. The van der Waals surface area contributed by atoms with E-state index in [9.17, 15) is 13.2 Å². The van der Waals surface area contributed by atoms with Crippen molar-refractivity contribution in [1.82, 2.24) is 4.90 Å². The SMILES string of the molecule is CC[C@H](OS(=O)(=O)c1ccc(C)cc1)[C@@H]1CN(C(=O)OC(C)(C)C)CCO1. The minimum absolute atomic E-state index is 0.103. The Morgan fingerprint density at radius 2 is 1.93 bits per heavy atom. The highest BCUT2D eigenvalue weighted by molar-refractivity contribution is 7.86. The summed E-state index contributed by atoms with van der Waals surface area (Å²) in [6.07, 6.45) is -1.25. The predicted octanol–water partition coefficient (Wildman–Crippen LogP) is 3.11. The zero-order chi connectivity index (χ0) is 20.2. The van der Waals surface area contributed by atoms with Gasteiger partial charge in [-0.2, -0.15) is 8.42 Å². The van der Waals surface area contributed by atoms with Gasteiger partial charge in [-0.3, -0.25) is 4.18 Å². The molecule has 0 N–H and O–H groups in total. The second-order valence-corrected chi connectivity index (χ2v) is 9.22. The smallest absolute Gasteiger partial charge is 0.410 e. The van der Waals surface area contributed by atoms with Crippen molar-refractivity contribution in [2.24, 2.45) is 0 Å². The first-order valence-electron chi connectivity index (χ1n) is 9.11. The van der Waals surface area contributed by atoms with Crippen LogP contribution in [0.4, 0.5) is 4.79 Å². The average molecular weight is 400 g/mol. The topological polar surface area (TPSA) is 82.1 Å². The van der Waals surface area contributed by atoms with Gasteiger partial charge in [0, 0.05) is 6.54 Å². The average Bonchev–Trinajstić information content (AvgIpc) is 2.59. The molecule has 1 aliphatic heterocycles. The highest BCUT2D eigenvalue weighted by atomic mass is 32.2. The Hall–Kier alpha value is -1.64. The molecule has 0 unspecified atom stereocenters. The molecule has 0 saturated carbocycles. The number of ether oxygens (including phenoxy) is 2. The lowest BCUT2D eigenvalue weighted by molar-refractivity contribution is -0.0815. The van der Waals surface area contributed by atoms with Gasteiger partial charge in [0.15, 0.2) is 0 Å². The van der Waals surface area contributed by atoms with Crippen LogP contribution in [0.5, 0.6) is 0 Å². The molecule has 0 radical (unpaired) electrons. The minimum Gasteiger partial charge on any atom is -0.444 e. The molecule has 0 aromatic heterocycles. The first-order valence-corrected chi connectivity index (χ1v) is 10.5. The third-order valence-corrected chi connectivity index (χ3v) is 5.47. The molecule has 2 rings (SSSR count). The van der Waals surface area contributed by atoms with Gasteiger partial charge in [-0.15, -0.1) is 0 Å². The fourth-order valence-electron chi connectivity index (χ4n) is 2.71. The summed E-state index contributed by atoms with van der Waals surface area (Å²) in [5.74, 6) is 0. The largest absolute Gasteiger partial charge is 0.444 e. The number of hydrogen-bond acceptors (Lipinski definition) is 6. The van der Waals surface area contributed by atoms with Crippen molar-refractivity contribution in [3.05, 3.63) is 29.8 Å². The number of carbonyl (C=O) groups is 1. The Bertz CT molecular complexity index is 738. The van der Waals surface area contributed by atoms with Crippen LogP contribution < -0.4 is 0 Å². The van der Waals surface area contributed by atoms with E-state index in [4.69, 9.17) is 13.7 Å². The maximum Gasteiger partial charge on any atom is 0.410 e. The van der Waals surface area contributed by atoms with E-state index in [1.165, 1.54) is 17.0 Å². The Kier molecular flexibility index (Phi) is 6.88. The van der Waals surface area contributed by atoms with Crippen LogP contribution in [0.1, 0.15) is 39.7 Å². The summed E-state index contributed by atoms with van der Waals surface area (Å²) in [5.41, 5.74) is 0.366. The molecule has 1 aromatic carbocycles. The summed E-state index contributed by atoms with van der Waals surface area (Å²) in [6, 6.07) is 6.48. The second-order valence-electron chi connectivity index (χ2n) is 7.65. The lowest BCUT2D eigenvalue weighted by Crippen LogP contribution is -2.51. The second kappa shape index (κ2) is 8.58. The van der Waals surface area contributed by atoms with E-state index >= 15 is 0 Å². The van der Waals surface area contributed by atoms with Crippen molar-refractivity contribution >= 4 is 16.2 Å². The zero-order valence-corrected chi connectivity index (χ0v) is 17.4. The Labute approximate surface area is 161 Å². The summed E-state index contributed by atoms with van der Waals surface area (Å²) in [5, 5.41) is 0. The maximum atomic E-state index is 12.6. The van der Waals surface area contributed by atoms with E-state index in [1.807, 2.05) is 13.8 Å². The number of nitrogens with zero attached hydrogens (tertiary/aromatic N) is 1. The minimum atomic E-state index is -3.92. The molecule has 152 valence electrons. The van der Waals surface area contributed by atoms with E-state index in [0.29, 0.717) is 19.6 Å². The summed E-state index contributed by atoms with van der Waals surface area (Å²) >= 11 is 0. The summed E-state index contributed by atoms with van der Waals surface area (Å²) < 4.78 is 41.7. The molecule has 1 aliphatic rings. The fraction of sp³-hybridized carbons (Fsp3) is 0.632. The Morgan fingerprint density at radius 1 is 1.30 bits per heavy atom. The normalized spacial score (nSPS) is 19.6. The number of amides is 1. The van der Waals surface area contributed by atoms with Crippen molar-refractivity contribution < 1.29 is 26.9 Å². The van der Waals surface area contributed by atoms with Crippen molar-refractivity contribution in [2.45, 2.75) is 63.7 Å². The van der Waals surface area contributed by atoms with Gasteiger partial charge < -0.3 is 14.4 Å². The summed E-state index contributed by atoms with van der Waals surface area (Å²) in [6.45, 7) is 10.0. The first kappa shape index (κ1) is 21.7. The molecule has 1 amide bonds. The van der Waals surface area contributed by atoms with Gasteiger partial charge >= 0.3 is 6.09 Å². The van der Waals surface area contributed by atoms with Crippen LogP contribution in [-0.2, 0) is 23.8 Å².